The second kappa shape index (κ2) is 9.80. The number of benzene rings is 3. The Morgan fingerprint density at radius 1 is 1.06 bits per heavy atom. The fourth-order valence-corrected chi connectivity index (χ4v) is 3.76. The van der Waals surface area contributed by atoms with E-state index < -0.39 is 0 Å². The highest BCUT2D eigenvalue weighted by molar-refractivity contribution is 7.71. The molecule has 3 aromatic carbocycles. The normalized spacial score (nSPS) is 11.7. The Labute approximate surface area is 195 Å². The number of nitrogens with one attached hydrogen (secondary N) is 2. The molecule has 0 aliphatic rings. The van der Waals surface area contributed by atoms with Crippen molar-refractivity contribution < 1.29 is 9.53 Å². The number of methoxy groups -OCH3 is 1. The third-order valence-corrected chi connectivity index (χ3v) is 5.61. The minimum absolute atomic E-state index is 0.0206. The molecule has 162 valence electrons. The Bertz CT molecular complexity index is 1250. The van der Waals surface area contributed by atoms with Crippen molar-refractivity contribution in [2.24, 2.45) is 0 Å². The average Bonchev–Trinajstić information content (AvgIpc) is 3.18. The van der Waals surface area contributed by atoms with Crippen LogP contribution in [0.1, 0.15) is 17.2 Å². The Hall–Kier alpha value is -3.42. The maximum Gasteiger partial charge on any atom is 0.240 e. The number of ether oxygens (including phenoxy) is 1. The molecule has 0 spiro atoms. The average molecular weight is 465 g/mol. The summed E-state index contributed by atoms with van der Waals surface area (Å²) in [5, 5.41) is 10.8. The number of carbonyl (C=O) groups is 1. The smallest absolute Gasteiger partial charge is 0.240 e. The lowest BCUT2D eigenvalue weighted by Crippen LogP contribution is -2.32. The first-order valence-corrected chi connectivity index (χ1v) is 10.7. The summed E-state index contributed by atoms with van der Waals surface area (Å²) in [4.78, 5) is 13.1. The molecule has 0 aliphatic carbocycles. The molecule has 0 aliphatic heterocycles. The molecule has 6 nitrogen and oxygen atoms in total. The lowest BCUT2D eigenvalue weighted by atomic mass is 9.98. The molecule has 0 radical (unpaired) electrons. The van der Waals surface area contributed by atoms with E-state index in [1.54, 1.807) is 23.8 Å². The van der Waals surface area contributed by atoms with Crippen molar-refractivity contribution in [3.05, 3.63) is 99.8 Å². The van der Waals surface area contributed by atoms with Crippen LogP contribution >= 0.6 is 23.8 Å². The van der Waals surface area contributed by atoms with E-state index in [-0.39, 0.29) is 18.5 Å². The predicted octanol–water partition coefficient (Wildman–Crippen LogP) is 5.18. The van der Waals surface area contributed by atoms with Gasteiger partial charge in [0, 0.05) is 10.6 Å². The van der Waals surface area contributed by atoms with Crippen molar-refractivity contribution in [2.45, 2.75) is 12.6 Å². The quantitative estimate of drug-likeness (QED) is 0.370. The number of aromatic nitrogens is 3. The minimum Gasteiger partial charge on any atom is -0.497 e. The molecule has 0 fully saturated rings. The van der Waals surface area contributed by atoms with Crippen LogP contribution in [0.3, 0.4) is 0 Å². The Balaban J connectivity index is 1.60. The summed E-state index contributed by atoms with van der Waals surface area (Å²) in [5.41, 5.74) is 2.73. The van der Waals surface area contributed by atoms with Crippen LogP contribution in [0.15, 0.2) is 78.9 Å². The van der Waals surface area contributed by atoms with Gasteiger partial charge in [-0.3, -0.25) is 14.5 Å². The van der Waals surface area contributed by atoms with Crippen LogP contribution in [-0.2, 0) is 11.3 Å². The number of amides is 1. The van der Waals surface area contributed by atoms with Gasteiger partial charge in [0.15, 0.2) is 10.6 Å². The molecule has 1 aromatic heterocycles. The number of rotatable bonds is 7. The minimum atomic E-state index is -0.324. The van der Waals surface area contributed by atoms with Crippen LogP contribution in [0.2, 0.25) is 5.02 Å². The first-order valence-electron chi connectivity index (χ1n) is 9.94. The van der Waals surface area contributed by atoms with Gasteiger partial charge in [0.1, 0.15) is 12.3 Å². The monoisotopic (exact) mass is 464 g/mol. The van der Waals surface area contributed by atoms with Crippen molar-refractivity contribution in [3.63, 3.8) is 0 Å². The molecule has 1 atom stereocenters. The van der Waals surface area contributed by atoms with E-state index in [9.17, 15) is 4.79 Å². The highest BCUT2D eigenvalue weighted by Gasteiger charge is 2.19. The third kappa shape index (κ3) is 4.90. The molecule has 0 saturated heterocycles. The van der Waals surface area contributed by atoms with Gasteiger partial charge in [0.05, 0.1) is 13.2 Å². The Morgan fingerprint density at radius 2 is 1.72 bits per heavy atom. The molecule has 1 amide bonds. The van der Waals surface area contributed by atoms with Crippen LogP contribution in [0.25, 0.3) is 11.4 Å². The number of aromatic amines is 1. The lowest BCUT2D eigenvalue weighted by molar-refractivity contribution is -0.122. The summed E-state index contributed by atoms with van der Waals surface area (Å²) in [6.07, 6.45) is 0. The van der Waals surface area contributed by atoms with E-state index in [4.69, 9.17) is 28.6 Å². The summed E-state index contributed by atoms with van der Waals surface area (Å²) in [6.45, 7) is 0.0206. The number of halogens is 1. The van der Waals surface area contributed by atoms with Gasteiger partial charge >= 0.3 is 0 Å². The van der Waals surface area contributed by atoms with Crippen LogP contribution < -0.4 is 10.1 Å². The van der Waals surface area contributed by atoms with E-state index in [1.807, 2.05) is 66.7 Å². The molecular weight excluding hydrogens is 444 g/mol. The van der Waals surface area contributed by atoms with Gasteiger partial charge in [-0.1, -0.05) is 54.1 Å². The molecule has 4 rings (SSSR count). The standard InChI is InChI=1S/C24H21ClN4O2S/c1-31-20-13-9-17(10-14-20)22(16-5-3-2-4-6-16)26-21(30)15-29-23(27-28-24(29)32)18-7-11-19(25)12-8-18/h2-14,22H,15H2,1H3,(H,26,30)(H,28,32). The molecule has 4 aromatic rings. The highest BCUT2D eigenvalue weighted by Crippen LogP contribution is 2.25. The van der Waals surface area contributed by atoms with Gasteiger partial charge in [-0.2, -0.15) is 5.10 Å². The molecule has 8 heteroatoms. The summed E-state index contributed by atoms with van der Waals surface area (Å²) in [6, 6.07) is 24.3. The van der Waals surface area contributed by atoms with Crippen LogP contribution in [0.4, 0.5) is 0 Å². The number of carbonyl (C=O) groups excluding carboxylic acids is 1. The number of H-pyrrole nitrogens is 1. The summed E-state index contributed by atoms with van der Waals surface area (Å²) in [5.74, 6) is 1.13. The van der Waals surface area contributed by atoms with E-state index >= 15 is 0 Å². The fourth-order valence-electron chi connectivity index (χ4n) is 3.43. The zero-order valence-electron chi connectivity index (χ0n) is 17.3. The topological polar surface area (TPSA) is 71.9 Å². The summed E-state index contributed by atoms with van der Waals surface area (Å²) in [7, 11) is 1.62. The Kier molecular flexibility index (Phi) is 6.68. The first-order chi connectivity index (χ1) is 15.5. The SMILES string of the molecule is COc1ccc(C(NC(=O)Cn2c(-c3ccc(Cl)cc3)n[nH]c2=S)c2ccccc2)cc1. The van der Waals surface area contributed by atoms with Gasteiger partial charge in [-0.25, -0.2) is 0 Å². The number of hydrogen-bond donors (Lipinski definition) is 2. The van der Waals surface area contributed by atoms with E-state index in [2.05, 4.69) is 15.5 Å². The molecular formula is C24H21ClN4O2S. The van der Waals surface area contributed by atoms with Crippen molar-refractivity contribution in [1.82, 2.24) is 20.1 Å². The van der Waals surface area contributed by atoms with Gasteiger partial charge in [0.25, 0.3) is 0 Å². The fraction of sp³-hybridized carbons (Fsp3) is 0.125. The van der Waals surface area contributed by atoms with Crippen LogP contribution in [-0.4, -0.2) is 27.8 Å². The largest absolute Gasteiger partial charge is 0.497 e. The predicted molar refractivity (Wildman–Crippen MR) is 127 cm³/mol. The van der Waals surface area contributed by atoms with E-state index in [1.165, 1.54) is 0 Å². The number of hydrogen-bond acceptors (Lipinski definition) is 4. The van der Waals surface area contributed by atoms with Gasteiger partial charge in [-0.15, -0.1) is 0 Å². The highest BCUT2D eigenvalue weighted by atomic mass is 35.5. The zero-order valence-corrected chi connectivity index (χ0v) is 18.9. The molecule has 1 unspecified atom stereocenters. The van der Waals surface area contributed by atoms with Gasteiger partial charge in [-0.05, 0) is 59.7 Å². The maximum absolute atomic E-state index is 13.1. The molecule has 0 saturated carbocycles. The van der Waals surface area contributed by atoms with Gasteiger partial charge in [0.2, 0.25) is 5.91 Å². The number of nitrogens with zero attached hydrogens (tertiary/aromatic N) is 2. The summed E-state index contributed by atoms with van der Waals surface area (Å²) < 4.78 is 7.30. The second-order valence-electron chi connectivity index (χ2n) is 7.13. The maximum atomic E-state index is 13.1. The van der Waals surface area contributed by atoms with Crippen LogP contribution in [0.5, 0.6) is 5.75 Å². The second-order valence-corrected chi connectivity index (χ2v) is 7.95. The van der Waals surface area contributed by atoms with Gasteiger partial charge < -0.3 is 10.1 Å². The third-order valence-electron chi connectivity index (χ3n) is 5.05. The lowest BCUT2D eigenvalue weighted by Gasteiger charge is -2.20. The van der Waals surface area contributed by atoms with E-state index in [0.717, 1.165) is 22.4 Å². The molecule has 1 heterocycles. The molecule has 2 N–H and O–H groups in total. The molecule has 0 bridgehead atoms. The molecule has 32 heavy (non-hydrogen) atoms. The van der Waals surface area contributed by atoms with Crippen molar-refractivity contribution in [2.75, 3.05) is 7.11 Å². The van der Waals surface area contributed by atoms with Crippen molar-refractivity contribution in [3.8, 4) is 17.1 Å². The van der Waals surface area contributed by atoms with Crippen molar-refractivity contribution in [1.29, 1.82) is 0 Å². The van der Waals surface area contributed by atoms with E-state index in [0.29, 0.717) is 15.6 Å². The van der Waals surface area contributed by atoms with Crippen LogP contribution in [0, 0.1) is 4.77 Å². The Morgan fingerprint density at radius 3 is 2.38 bits per heavy atom. The summed E-state index contributed by atoms with van der Waals surface area (Å²) >= 11 is 11.4. The van der Waals surface area contributed by atoms with Crippen molar-refractivity contribution >= 4 is 29.7 Å². The zero-order chi connectivity index (χ0) is 22.5. The first kappa shape index (κ1) is 21.8.